The first-order valence-corrected chi connectivity index (χ1v) is 13.2. The average molecular weight is 572 g/mol. The molecular formula is C26H37N9O6. The van der Waals surface area contributed by atoms with E-state index in [4.69, 9.17) is 17.2 Å². The maximum atomic E-state index is 13.6. The average Bonchev–Trinajstić information content (AvgIpc) is 3.63. The summed E-state index contributed by atoms with van der Waals surface area (Å²) in [5.41, 5.74) is 17.9. The summed E-state index contributed by atoms with van der Waals surface area (Å²) >= 11 is 0. The second-order valence-corrected chi connectivity index (χ2v) is 9.86. The second kappa shape index (κ2) is 14.6. The molecule has 1 aliphatic rings. The van der Waals surface area contributed by atoms with Gasteiger partial charge in [-0.25, -0.2) is 9.78 Å². The van der Waals surface area contributed by atoms with Gasteiger partial charge < -0.3 is 47.9 Å². The smallest absolute Gasteiger partial charge is 0.326 e. The first-order chi connectivity index (χ1) is 19.5. The van der Waals surface area contributed by atoms with Gasteiger partial charge in [-0.3, -0.25) is 19.4 Å². The lowest BCUT2D eigenvalue weighted by atomic mass is 10.0. The number of aromatic nitrogens is 2. The molecule has 0 radical (unpaired) electrons. The molecule has 4 unspecified atom stereocenters. The predicted octanol–water partition coefficient (Wildman–Crippen LogP) is -1.67. The molecule has 15 nitrogen and oxygen atoms in total. The minimum Gasteiger partial charge on any atom is -0.508 e. The number of rotatable bonds is 14. The van der Waals surface area contributed by atoms with Crippen LogP contribution in [0.4, 0.5) is 0 Å². The number of carbonyl (C=O) groups excluding carboxylic acids is 3. The van der Waals surface area contributed by atoms with Crippen molar-refractivity contribution in [2.24, 2.45) is 22.2 Å². The van der Waals surface area contributed by atoms with E-state index in [1.54, 1.807) is 12.1 Å². The van der Waals surface area contributed by atoms with Crippen molar-refractivity contribution in [3.05, 3.63) is 48.0 Å². The number of H-pyrrole nitrogens is 1. The van der Waals surface area contributed by atoms with Gasteiger partial charge in [0.25, 0.3) is 0 Å². The van der Waals surface area contributed by atoms with Gasteiger partial charge >= 0.3 is 5.97 Å². The fraction of sp³-hybridized carbons (Fsp3) is 0.462. The molecule has 0 spiro atoms. The SMILES string of the molecule is NC(N)=NCCCC(N)C(=O)NC(Cc1ccc(O)cc1)C(=O)NC(Cc1cnc[nH]1)C(=O)N1CCCC1C(=O)O. The maximum Gasteiger partial charge on any atom is 0.326 e. The first kappa shape index (κ1) is 30.9. The number of hydrogen-bond acceptors (Lipinski definition) is 8. The molecule has 0 saturated carbocycles. The first-order valence-electron chi connectivity index (χ1n) is 13.2. The van der Waals surface area contributed by atoms with E-state index in [0.29, 0.717) is 30.5 Å². The molecule has 3 amide bonds. The van der Waals surface area contributed by atoms with Gasteiger partial charge in [-0.15, -0.1) is 0 Å². The van der Waals surface area contributed by atoms with Crippen molar-refractivity contribution in [3.63, 3.8) is 0 Å². The topological polar surface area (TPSA) is 255 Å². The molecule has 1 aromatic carbocycles. The Labute approximate surface area is 236 Å². The van der Waals surface area contributed by atoms with Crippen LogP contribution in [0.3, 0.4) is 0 Å². The normalized spacial score (nSPS) is 16.8. The highest BCUT2D eigenvalue weighted by Crippen LogP contribution is 2.20. The Morgan fingerprint density at radius 1 is 1.10 bits per heavy atom. The number of likely N-dealkylation sites (tertiary alicyclic amines) is 1. The molecule has 0 aliphatic carbocycles. The van der Waals surface area contributed by atoms with E-state index in [0.717, 1.165) is 0 Å². The van der Waals surface area contributed by atoms with E-state index < -0.39 is 47.9 Å². The largest absolute Gasteiger partial charge is 0.508 e. The number of amides is 3. The van der Waals surface area contributed by atoms with Crippen LogP contribution in [0, 0.1) is 0 Å². The number of carboxylic acids is 1. The van der Waals surface area contributed by atoms with Crippen LogP contribution in [0.1, 0.15) is 36.9 Å². The van der Waals surface area contributed by atoms with Crippen LogP contribution in [0.2, 0.25) is 0 Å². The number of carboxylic acid groups (broad SMARTS) is 1. The third-order valence-electron chi connectivity index (χ3n) is 6.73. The predicted molar refractivity (Wildman–Crippen MR) is 148 cm³/mol. The molecule has 15 heteroatoms. The summed E-state index contributed by atoms with van der Waals surface area (Å²) in [6.07, 6.45) is 4.51. The van der Waals surface area contributed by atoms with Gasteiger partial charge in [0.2, 0.25) is 17.7 Å². The Kier molecular flexibility index (Phi) is 11.0. The van der Waals surface area contributed by atoms with E-state index in [1.807, 2.05) is 0 Å². The van der Waals surface area contributed by atoms with Crippen molar-refractivity contribution in [3.8, 4) is 5.75 Å². The number of phenolic OH excluding ortho intramolecular Hbond substituents is 1. The van der Waals surface area contributed by atoms with E-state index in [1.165, 1.54) is 29.6 Å². The Bertz CT molecular complexity index is 1210. The zero-order valence-corrected chi connectivity index (χ0v) is 22.5. The number of aliphatic imine (C=N–C) groups is 1. The number of phenols is 1. The maximum absolute atomic E-state index is 13.6. The van der Waals surface area contributed by atoms with Crippen molar-refractivity contribution < 1.29 is 29.4 Å². The molecule has 1 aromatic heterocycles. The summed E-state index contributed by atoms with van der Waals surface area (Å²) in [6.45, 7) is 0.527. The van der Waals surface area contributed by atoms with Gasteiger partial charge in [0.05, 0.1) is 12.4 Å². The van der Waals surface area contributed by atoms with Gasteiger partial charge in [0, 0.05) is 37.8 Å². The second-order valence-electron chi connectivity index (χ2n) is 9.86. The number of nitrogens with two attached hydrogens (primary N) is 3. The molecule has 1 fully saturated rings. The van der Waals surface area contributed by atoms with Crippen LogP contribution in [0.25, 0.3) is 0 Å². The molecule has 2 aromatic rings. The van der Waals surface area contributed by atoms with Gasteiger partial charge in [0.1, 0.15) is 23.9 Å². The molecule has 41 heavy (non-hydrogen) atoms. The monoisotopic (exact) mass is 571 g/mol. The number of benzene rings is 1. The summed E-state index contributed by atoms with van der Waals surface area (Å²) in [5, 5.41) is 24.6. The Morgan fingerprint density at radius 3 is 2.44 bits per heavy atom. The molecule has 0 bridgehead atoms. The zero-order chi connectivity index (χ0) is 29.9. The van der Waals surface area contributed by atoms with Crippen LogP contribution in [-0.4, -0.2) is 92.0 Å². The Hall–Kier alpha value is -4.66. The lowest BCUT2D eigenvalue weighted by Crippen LogP contribution is -2.58. The number of guanidine groups is 1. The fourth-order valence-corrected chi connectivity index (χ4v) is 4.58. The van der Waals surface area contributed by atoms with E-state index in [2.05, 4.69) is 25.6 Å². The van der Waals surface area contributed by atoms with Crippen molar-refractivity contribution in [2.45, 2.75) is 62.7 Å². The van der Waals surface area contributed by atoms with Crippen molar-refractivity contribution in [1.82, 2.24) is 25.5 Å². The number of aromatic hydroxyl groups is 1. The third kappa shape index (κ3) is 9.20. The molecule has 4 atom stereocenters. The fourth-order valence-electron chi connectivity index (χ4n) is 4.58. The molecule has 1 saturated heterocycles. The Morgan fingerprint density at radius 2 is 1.80 bits per heavy atom. The number of nitrogens with one attached hydrogen (secondary N) is 3. The third-order valence-corrected chi connectivity index (χ3v) is 6.73. The molecule has 1 aliphatic heterocycles. The van der Waals surface area contributed by atoms with Gasteiger partial charge in [-0.2, -0.15) is 0 Å². The lowest BCUT2D eigenvalue weighted by molar-refractivity contribution is -0.149. The zero-order valence-electron chi connectivity index (χ0n) is 22.5. The van der Waals surface area contributed by atoms with Crippen molar-refractivity contribution >= 4 is 29.7 Å². The highest BCUT2D eigenvalue weighted by Gasteiger charge is 2.38. The van der Waals surface area contributed by atoms with Crippen LogP contribution in [-0.2, 0) is 32.0 Å². The quantitative estimate of drug-likeness (QED) is 0.0726. The molecular weight excluding hydrogens is 534 g/mol. The molecule has 11 N–H and O–H groups in total. The number of carbonyl (C=O) groups is 4. The van der Waals surface area contributed by atoms with Gasteiger partial charge in [0.15, 0.2) is 5.96 Å². The summed E-state index contributed by atoms with van der Waals surface area (Å²) < 4.78 is 0. The minimum atomic E-state index is -1.14. The summed E-state index contributed by atoms with van der Waals surface area (Å²) in [4.78, 5) is 63.7. The standard InChI is InChI=1S/C26H37N9O6/c27-18(3-1-9-31-26(28)29)22(37)33-19(11-15-5-7-17(36)8-6-15)23(38)34-20(12-16-13-30-14-32-16)24(39)35-10-2-4-21(35)25(40)41/h5-8,13-14,18-21,36H,1-4,9-12,27H2,(H,30,32)(H,33,37)(H,34,38)(H,40,41)(H4,28,29,31). The number of hydrogen-bond donors (Lipinski definition) is 8. The van der Waals surface area contributed by atoms with E-state index in [9.17, 15) is 29.4 Å². The van der Waals surface area contributed by atoms with Crippen LogP contribution >= 0.6 is 0 Å². The molecule has 3 rings (SSSR count). The summed E-state index contributed by atoms with van der Waals surface area (Å²) in [7, 11) is 0. The number of aliphatic carboxylic acids is 1. The summed E-state index contributed by atoms with van der Waals surface area (Å²) in [5.74, 6) is -2.96. The number of imidazole rings is 1. The van der Waals surface area contributed by atoms with E-state index >= 15 is 0 Å². The van der Waals surface area contributed by atoms with Crippen LogP contribution in [0.5, 0.6) is 5.75 Å². The molecule has 222 valence electrons. The number of nitrogens with zero attached hydrogens (tertiary/aromatic N) is 3. The highest BCUT2D eigenvalue weighted by molar-refractivity contribution is 5.94. The van der Waals surface area contributed by atoms with E-state index in [-0.39, 0.29) is 44.1 Å². The lowest BCUT2D eigenvalue weighted by Gasteiger charge is -2.29. The highest BCUT2D eigenvalue weighted by atomic mass is 16.4. The van der Waals surface area contributed by atoms with Crippen molar-refractivity contribution in [1.29, 1.82) is 0 Å². The molecule has 2 heterocycles. The van der Waals surface area contributed by atoms with Gasteiger partial charge in [-0.1, -0.05) is 12.1 Å². The number of aromatic amines is 1. The van der Waals surface area contributed by atoms with Crippen LogP contribution in [0.15, 0.2) is 41.8 Å². The minimum absolute atomic E-state index is 0.0254. The Balaban J connectivity index is 1.79. The van der Waals surface area contributed by atoms with Gasteiger partial charge in [-0.05, 0) is 43.4 Å². The van der Waals surface area contributed by atoms with Crippen LogP contribution < -0.4 is 27.8 Å². The summed E-state index contributed by atoms with van der Waals surface area (Å²) in [6, 6.07) is 1.89. The van der Waals surface area contributed by atoms with Crippen molar-refractivity contribution in [2.75, 3.05) is 13.1 Å².